The Morgan fingerprint density at radius 2 is 1.78 bits per heavy atom. The molecule has 2 aromatic rings. The highest BCUT2D eigenvalue weighted by atomic mass is 16.5. The van der Waals surface area contributed by atoms with Gasteiger partial charge in [-0.2, -0.15) is 0 Å². The van der Waals surface area contributed by atoms with Crippen molar-refractivity contribution in [1.82, 2.24) is 0 Å². The number of anilines is 1. The Morgan fingerprint density at radius 3 is 2.52 bits per heavy atom. The number of para-hydroxylation sites is 2. The van der Waals surface area contributed by atoms with Gasteiger partial charge in [-0.25, -0.2) is 0 Å². The van der Waals surface area contributed by atoms with E-state index in [-0.39, 0.29) is 6.10 Å². The Bertz CT molecular complexity index is 780. The van der Waals surface area contributed by atoms with E-state index in [1.165, 1.54) is 0 Å². The summed E-state index contributed by atoms with van der Waals surface area (Å²) in [6.45, 7) is 6.15. The Morgan fingerprint density at radius 1 is 1.04 bits per heavy atom. The van der Waals surface area contributed by atoms with E-state index < -0.39 is 11.7 Å². The molecule has 0 atom stereocenters. The van der Waals surface area contributed by atoms with Crippen LogP contribution in [-0.4, -0.2) is 17.8 Å². The van der Waals surface area contributed by atoms with Crippen LogP contribution in [0.15, 0.2) is 42.5 Å². The van der Waals surface area contributed by atoms with Crippen LogP contribution in [0, 0.1) is 6.92 Å². The molecule has 1 amide bonds. The average molecular weight is 309 g/mol. The number of carbonyl (C=O) groups excluding carboxylic acids is 2. The summed E-state index contributed by atoms with van der Waals surface area (Å²) in [5, 5.41) is 0. The van der Waals surface area contributed by atoms with Crippen molar-refractivity contribution >= 4 is 17.4 Å². The quantitative estimate of drug-likeness (QED) is 0.812. The number of ether oxygens (including phenoxy) is 1. The van der Waals surface area contributed by atoms with Gasteiger partial charge in [0.25, 0.3) is 11.7 Å². The van der Waals surface area contributed by atoms with Crippen LogP contribution in [0.3, 0.4) is 0 Å². The van der Waals surface area contributed by atoms with E-state index >= 15 is 0 Å². The number of fused-ring (bicyclic) bond motifs is 1. The molecule has 0 saturated heterocycles. The van der Waals surface area contributed by atoms with Crippen LogP contribution in [0.4, 0.5) is 5.69 Å². The van der Waals surface area contributed by atoms with Crippen LogP contribution >= 0.6 is 0 Å². The zero-order chi connectivity index (χ0) is 16.6. The minimum absolute atomic E-state index is 0.0427. The molecular weight excluding hydrogens is 290 g/mol. The van der Waals surface area contributed by atoms with Crippen molar-refractivity contribution in [2.24, 2.45) is 0 Å². The van der Waals surface area contributed by atoms with E-state index in [2.05, 4.69) is 0 Å². The van der Waals surface area contributed by atoms with Gasteiger partial charge in [-0.3, -0.25) is 14.5 Å². The maximum Gasteiger partial charge on any atom is 0.299 e. The second-order valence-electron chi connectivity index (χ2n) is 5.97. The highest BCUT2D eigenvalue weighted by Crippen LogP contribution is 2.34. The fourth-order valence-electron chi connectivity index (χ4n) is 2.86. The molecule has 1 heterocycles. The summed E-state index contributed by atoms with van der Waals surface area (Å²) in [5.41, 5.74) is 3.00. The van der Waals surface area contributed by atoms with Crippen molar-refractivity contribution in [3.05, 3.63) is 59.2 Å². The first-order chi connectivity index (χ1) is 11.0. The highest BCUT2D eigenvalue weighted by Gasteiger charge is 2.37. The molecule has 2 aromatic carbocycles. The van der Waals surface area contributed by atoms with Crippen LogP contribution in [-0.2, 0) is 11.3 Å². The van der Waals surface area contributed by atoms with Crippen LogP contribution in [0.5, 0.6) is 5.75 Å². The summed E-state index contributed by atoms with van der Waals surface area (Å²) < 4.78 is 5.81. The van der Waals surface area contributed by atoms with Crippen molar-refractivity contribution in [2.45, 2.75) is 33.4 Å². The number of benzene rings is 2. The smallest absolute Gasteiger partial charge is 0.299 e. The number of carbonyl (C=O) groups is 2. The molecule has 0 N–H and O–H groups in total. The molecule has 0 saturated carbocycles. The summed E-state index contributed by atoms with van der Waals surface area (Å²) in [5.74, 6) is -0.176. The summed E-state index contributed by atoms with van der Waals surface area (Å²) in [6, 6.07) is 13.0. The third-order valence-corrected chi connectivity index (χ3v) is 3.86. The van der Waals surface area contributed by atoms with E-state index in [0.29, 0.717) is 17.8 Å². The molecule has 23 heavy (non-hydrogen) atoms. The predicted molar refractivity (Wildman–Crippen MR) is 88.9 cm³/mol. The molecule has 0 aliphatic carbocycles. The van der Waals surface area contributed by atoms with Gasteiger partial charge < -0.3 is 4.74 Å². The number of rotatable bonds is 4. The summed E-state index contributed by atoms with van der Waals surface area (Å²) >= 11 is 0. The van der Waals surface area contributed by atoms with Gasteiger partial charge in [-0.1, -0.05) is 30.3 Å². The van der Waals surface area contributed by atoms with E-state index in [1.54, 1.807) is 17.0 Å². The number of ketones is 1. The molecule has 0 bridgehead atoms. The molecule has 1 aliphatic heterocycles. The number of amides is 1. The van der Waals surface area contributed by atoms with Crippen LogP contribution < -0.4 is 9.64 Å². The van der Waals surface area contributed by atoms with E-state index in [4.69, 9.17) is 4.74 Å². The standard InChI is InChI=1S/C19H19NO3/c1-12(2)23-16-10-5-4-8-14(16)11-20-17-13(3)7-6-9-15(17)18(21)19(20)22/h4-10,12H,11H2,1-3H3. The molecule has 0 aromatic heterocycles. The minimum Gasteiger partial charge on any atom is -0.491 e. The van der Waals surface area contributed by atoms with E-state index in [9.17, 15) is 9.59 Å². The van der Waals surface area contributed by atoms with Gasteiger partial charge in [0.15, 0.2) is 0 Å². The number of Topliss-reactive ketones (excluding diaryl/α,β-unsaturated/α-hetero) is 1. The van der Waals surface area contributed by atoms with E-state index in [1.807, 2.05) is 51.1 Å². The maximum absolute atomic E-state index is 12.4. The topological polar surface area (TPSA) is 46.6 Å². The van der Waals surface area contributed by atoms with Gasteiger partial charge in [0.1, 0.15) is 5.75 Å². The summed E-state index contributed by atoms with van der Waals surface area (Å²) in [6.07, 6.45) is 0.0427. The lowest BCUT2D eigenvalue weighted by Gasteiger charge is -2.21. The van der Waals surface area contributed by atoms with Gasteiger partial charge in [-0.15, -0.1) is 0 Å². The van der Waals surface area contributed by atoms with Crippen molar-refractivity contribution < 1.29 is 14.3 Å². The minimum atomic E-state index is -0.478. The van der Waals surface area contributed by atoms with Gasteiger partial charge in [0, 0.05) is 5.56 Å². The lowest BCUT2D eigenvalue weighted by atomic mass is 10.1. The molecular formula is C19H19NO3. The first-order valence-corrected chi connectivity index (χ1v) is 7.69. The fraction of sp³-hybridized carbons (Fsp3) is 0.263. The predicted octanol–water partition coefficient (Wildman–Crippen LogP) is 3.51. The molecule has 4 heteroatoms. The Hall–Kier alpha value is -2.62. The molecule has 0 spiro atoms. The molecule has 1 aliphatic rings. The Labute approximate surface area is 135 Å². The first-order valence-electron chi connectivity index (χ1n) is 7.69. The lowest BCUT2D eigenvalue weighted by molar-refractivity contribution is -0.114. The highest BCUT2D eigenvalue weighted by molar-refractivity contribution is 6.52. The van der Waals surface area contributed by atoms with Crippen molar-refractivity contribution in [2.75, 3.05) is 4.90 Å². The fourth-order valence-corrected chi connectivity index (χ4v) is 2.86. The number of hydrogen-bond acceptors (Lipinski definition) is 3. The molecule has 118 valence electrons. The van der Waals surface area contributed by atoms with Crippen molar-refractivity contribution in [3.8, 4) is 5.75 Å². The third-order valence-electron chi connectivity index (χ3n) is 3.86. The zero-order valence-corrected chi connectivity index (χ0v) is 13.5. The van der Waals surface area contributed by atoms with Crippen molar-refractivity contribution in [3.63, 3.8) is 0 Å². The molecule has 4 nitrogen and oxygen atoms in total. The SMILES string of the molecule is Cc1cccc2c1N(Cc1ccccc1OC(C)C)C(=O)C2=O. The molecule has 0 unspecified atom stereocenters. The third kappa shape index (κ3) is 2.72. The molecule has 0 radical (unpaired) electrons. The Kier molecular flexibility index (Phi) is 3.90. The zero-order valence-electron chi connectivity index (χ0n) is 13.5. The summed E-state index contributed by atoms with van der Waals surface area (Å²) in [4.78, 5) is 26.1. The number of nitrogens with zero attached hydrogens (tertiary/aromatic N) is 1. The lowest BCUT2D eigenvalue weighted by Crippen LogP contribution is -2.29. The van der Waals surface area contributed by atoms with Crippen molar-refractivity contribution in [1.29, 1.82) is 0 Å². The van der Waals surface area contributed by atoms with Gasteiger partial charge in [0.05, 0.1) is 23.9 Å². The molecule has 0 fully saturated rings. The second-order valence-corrected chi connectivity index (χ2v) is 5.97. The van der Waals surface area contributed by atoms with Gasteiger partial charge in [0.2, 0.25) is 0 Å². The number of hydrogen-bond donors (Lipinski definition) is 0. The van der Waals surface area contributed by atoms with Crippen LogP contribution in [0.2, 0.25) is 0 Å². The summed E-state index contributed by atoms with van der Waals surface area (Å²) in [7, 11) is 0. The van der Waals surface area contributed by atoms with Crippen LogP contribution in [0.1, 0.15) is 35.3 Å². The molecule has 3 rings (SSSR count). The van der Waals surface area contributed by atoms with E-state index in [0.717, 1.165) is 16.9 Å². The van der Waals surface area contributed by atoms with Gasteiger partial charge >= 0.3 is 0 Å². The second kappa shape index (κ2) is 5.88. The largest absolute Gasteiger partial charge is 0.491 e. The maximum atomic E-state index is 12.4. The Balaban J connectivity index is 1.99. The normalized spacial score (nSPS) is 13.7. The van der Waals surface area contributed by atoms with Gasteiger partial charge in [-0.05, 0) is 38.5 Å². The van der Waals surface area contributed by atoms with Crippen LogP contribution in [0.25, 0.3) is 0 Å². The number of aryl methyl sites for hydroxylation is 1. The monoisotopic (exact) mass is 309 g/mol. The average Bonchev–Trinajstić information content (AvgIpc) is 2.75. The first kappa shape index (κ1) is 15.3.